The summed E-state index contributed by atoms with van der Waals surface area (Å²) in [4.78, 5) is 52.9. The Labute approximate surface area is 240 Å². The first-order chi connectivity index (χ1) is 19.8. The van der Waals surface area contributed by atoms with Crippen molar-refractivity contribution in [2.45, 2.75) is 24.5 Å². The van der Waals surface area contributed by atoms with Gasteiger partial charge in [0, 0.05) is 24.3 Å². The fraction of sp³-hybridized carbons (Fsp3) is 0.333. The van der Waals surface area contributed by atoms with Crippen LogP contribution < -0.4 is 11.1 Å². The molecule has 7 N–H and O–H groups in total. The molecule has 12 nitrogen and oxygen atoms in total. The molecule has 2 aromatic rings. The number of amides is 2. The lowest BCUT2D eigenvalue weighted by Gasteiger charge is -2.50. The van der Waals surface area contributed by atoms with Crippen LogP contribution in [0.4, 0.5) is 5.69 Å². The summed E-state index contributed by atoms with van der Waals surface area (Å²) in [5.41, 5.74) is 3.83. The maximum absolute atomic E-state index is 14.0. The van der Waals surface area contributed by atoms with Crippen molar-refractivity contribution in [1.29, 1.82) is 0 Å². The Hall–Kier alpha value is -4.52. The summed E-state index contributed by atoms with van der Waals surface area (Å²) < 4.78 is 4.86. The molecule has 0 bridgehead atoms. The number of nitrogens with zero attached hydrogens (tertiary/aromatic N) is 1. The SMILES string of the molecule is COCC(=O)Nc1cccc(-c2ccc(O)c3c2CC2CC4C(N(C)C)C(=O)C(C(N)=O)=C(O)C4(O)C(=O)C2=C3O)c1. The molecule has 12 heteroatoms. The molecule has 1 saturated carbocycles. The lowest BCUT2D eigenvalue weighted by molar-refractivity contribution is -0.153. The Bertz CT molecular complexity index is 1610. The molecule has 0 aliphatic heterocycles. The van der Waals surface area contributed by atoms with Gasteiger partial charge in [-0.05, 0) is 67.7 Å². The van der Waals surface area contributed by atoms with Gasteiger partial charge in [0.05, 0.1) is 11.6 Å². The number of hydrogen-bond acceptors (Lipinski definition) is 10. The molecule has 3 aliphatic carbocycles. The number of phenols is 1. The number of ketones is 2. The first-order valence-electron chi connectivity index (χ1n) is 13.2. The Morgan fingerprint density at radius 2 is 1.86 bits per heavy atom. The second-order valence-corrected chi connectivity index (χ2v) is 11.0. The highest BCUT2D eigenvalue weighted by Crippen LogP contribution is 2.53. The maximum Gasteiger partial charge on any atom is 0.255 e. The lowest BCUT2D eigenvalue weighted by atomic mass is 9.57. The standard InChI is InChI=1S/C30H31N3O9/c1-33(2)24-18-11-14-10-17-16(13-5-4-6-15(9-13)32-20(35)12-42-3)7-8-19(34)22(17)25(36)21(14)27(38)30(18,41)28(39)23(26(24)37)29(31)40/h4-9,14,18,24,34,36,39,41H,10-12H2,1-3H3,(H2,31,40)(H,32,35). The van der Waals surface area contributed by atoms with Crippen LogP contribution >= 0.6 is 0 Å². The second kappa shape index (κ2) is 10.4. The van der Waals surface area contributed by atoms with Gasteiger partial charge in [-0.2, -0.15) is 0 Å². The second-order valence-electron chi connectivity index (χ2n) is 11.0. The number of primary amides is 1. The molecule has 220 valence electrons. The van der Waals surface area contributed by atoms with E-state index in [1.54, 1.807) is 44.4 Å². The molecule has 0 aromatic heterocycles. The van der Waals surface area contributed by atoms with Crippen LogP contribution in [0.15, 0.2) is 53.3 Å². The molecule has 0 radical (unpaired) electrons. The van der Waals surface area contributed by atoms with Crippen LogP contribution in [-0.4, -0.2) is 88.2 Å². The van der Waals surface area contributed by atoms with E-state index in [2.05, 4.69) is 5.32 Å². The van der Waals surface area contributed by atoms with Crippen molar-refractivity contribution >= 4 is 34.8 Å². The van der Waals surface area contributed by atoms with Crippen LogP contribution in [0.25, 0.3) is 16.9 Å². The molecular formula is C30H31N3O9. The number of aliphatic hydroxyl groups excluding tert-OH is 2. The van der Waals surface area contributed by atoms with Crippen LogP contribution in [-0.2, 0) is 30.3 Å². The number of methoxy groups -OCH3 is 1. The number of anilines is 1. The number of ether oxygens (including phenoxy) is 1. The third-order valence-electron chi connectivity index (χ3n) is 8.34. The Kier molecular flexibility index (Phi) is 7.17. The molecule has 0 spiro atoms. The van der Waals surface area contributed by atoms with Gasteiger partial charge in [-0.15, -0.1) is 0 Å². The van der Waals surface area contributed by atoms with Crippen LogP contribution in [0.5, 0.6) is 5.75 Å². The van der Waals surface area contributed by atoms with E-state index in [1.165, 1.54) is 18.1 Å². The number of aliphatic hydroxyl groups is 3. The van der Waals surface area contributed by atoms with E-state index in [0.717, 1.165) is 0 Å². The minimum absolute atomic E-state index is 0.0161. The molecule has 5 rings (SSSR count). The van der Waals surface area contributed by atoms with Gasteiger partial charge < -0.3 is 36.2 Å². The van der Waals surface area contributed by atoms with E-state index in [9.17, 15) is 39.6 Å². The highest BCUT2D eigenvalue weighted by molar-refractivity contribution is 6.24. The predicted molar refractivity (Wildman–Crippen MR) is 150 cm³/mol. The molecule has 2 amide bonds. The van der Waals surface area contributed by atoms with Gasteiger partial charge in [-0.1, -0.05) is 18.2 Å². The van der Waals surface area contributed by atoms with Crippen molar-refractivity contribution in [2.24, 2.45) is 17.6 Å². The van der Waals surface area contributed by atoms with E-state index in [4.69, 9.17) is 10.5 Å². The van der Waals surface area contributed by atoms with Crippen molar-refractivity contribution in [3.8, 4) is 16.9 Å². The monoisotopic (exact) mass is 577 g/mol. The van der Waals surface area contributed by atoms with Crippen molar-refractivity contribution in [3.63, 3.8) is 0 Å². The van der Waals surface area contributed by atoms with Crippen molar-refractivity contribution in [1.82, 2.24) is 4.90 Å². The summed E-state index contributed by atoms with van der Waals surface area (Å²) >= 11 is 0. The number of carbonyl (C=O) groups excluding carboxylic acids is 4. The minimum atomic E-state index is -2.70. The average Bonchev–Trinajstić information content (AvgIpc) is 2.90. The highest BCUT2D eigenvalue weighted by atomic mass is 16.5. The zero-order chi connectivity index (χ0) is 30.7. The molecular weight excluding hydrogens is 546 g/mol. The largest absolute Gasteiger partial charge is 0.508 e. The van der Waals surface area contributed by atoms with Crippen LogP contribution in [0.3, 0.4) is 0 Å². The zero-order valence-corrected chi connectivity index (χ0v) is 23.2. The number of carbonyl (C=O) groups is 4. The van der Waals surface area contributed by atoms with E-state index in [1.807, 2.05) is 0 Å². The van der Waals surface area contributed by atoms with Gasteiger partial charge in [-0.25, -0.2) is 0 Å². The molecule has 4 unspecified atom stereocenters. The summed E-state index contributed by atoms with van der Waals surface area (Å²) in [6, 6.07) is 8.78. The molecule has 0 saturated heterocycles. The van der Waals surface area contributed by atoms with Crippen molar-refractivity contribution < 1.29 is 44.3 Å². The van der Waals surface area contributed by atoms with E-state index >= 15 is 0 Å². The number of aromatic hydroxyl groups is 1. The van der Waals surface area contributed by atoms with Crippen LogP contribution in [0, 0.1) is 11.8 Å². The van der Waals surface area contributed by atoms with E-state index < -0.39 is 58.0 Å². The van der Waals surface area contributed by atoms with Gasteiger partial charge in [0.1, 0.15) is 29.4 Å². The van der Waals surface area contributed by atoms with Gasteiger partial charge in [0.2, 0.25) is 11.7 Å². The fourth-order valence-electron chi connectivity index (χ4n) is 6.61. The Morgan fingerprint density at radius 3 is 2.50 bits per heavy atom. The van der Waals surface area contributed by atoms with Gasteiger partial charge in [0.15, 0.2) is 11.4 Å². The fourth-order valence-corrected chi connectivity index (χ4v) is 6.61. The van der Waals surface area contributed by atoms with E-state index in [-0.39, 0.29) is 42.2 Å². The van der Waals surface area contributed by atoms with Gasteiger partial charge in [0.25, 0.3) is 5.91 Å². The number of hydrogen-bond donors (Lipinski definition) is 6. The average molecular weight is 578 g/mol. The first-order valence-corrected chi connectivity index (χ1v) is 13.2. The normalized spacial score (nSPS) is 25.2. The molecule has 3 aliphatic rings. The van der Waals surface area contributed by atoms with E-state index in [0.29, 0.717) is 22.4 Å². The van der Waals surface area contributed by atoms with Gasteiger partial charge in [-0.3, -0.25) is 24.1 Å². The molecule has 2 aromatic carbocycles. The zero-order valence-electron chi connectivity index (χ0n) is 23.2. The number of fused-ring (bicyclic) bond motifs is 3. The maximum atomic E-state index is 14.0. The smallest absolute Gasteiger partial charge is 0.255 e. The summed E-state index contributed by atoms with van der Waals surface area (Å²) in [7, 11) is 4.49. The molecule has 42 heavy (non-hydrogen) atoms. The summed E-state index contributed by atoms with van der Waals surface area (Å²) in [5, 5.41) is 47.7. The van der Waals surface area contributed by atoms with Gasteiger partial charge >= 0.3 is 0 Å². The summed E-state index contributed by atoms with van der Waals surface area (Å²) in [6.07, 6.45) is 0.118. The number of benzene rings is 2. The number of likely N-dealkylation sites (N-methyl/N-ethyl adjacent to an activating group) is 1. The molecule has 1 fully saturated rings. The Balaban J connectivity index is 1.66. The first kappa shape index (κ1) is 29.0. The molecule has 4 atom stereocenters. The number of nitrogens with two attached hydrogens (primary N) is 1. The number of phenolic OH excluding ortho intramolecular Hbond substituents is 1. The van der Waals surface area contributed by atoms with Crippen LogP contribution in [0.2, 0.25) is 0 Å². The third-order valence-corrected chi connectivity index (χ3v) is 8.34. The summed E-state index contributed by atoms with van der Waals surface area (Å²) in [5.74, 6) is -7.43. The lowest BCUT2D eigenvalue weighted by Crippen LogP contribution is -2.65. The highest BCUT2D eigenvalue weighted by Gasteiger charge is 2.64. The number of rotatable bonds is 6. The predicted octanol–water partition coefficient (Wildman–Crippen LogP) is 1.22. The minimum Gasteiger partial charge on any atom is -0.508 e. The number of Topliss-reactive ketones (excluding diaryl/α,β-unsaturated/α-hetero) is 2. The number of nitrogens with one attached hydrogen (secondary N) is 1. The molecule has 0 heterocycles. The van der Waals surface area contributed by atoms with Crippen molar-refractivity contribution in [2.75, 3.05) is 33.1 Å². The van der Waals surface area contributed by atoms with Crippen molar-refractivity contribution in [3.05, 3.63) is 64.4 Å². The van der Waals surface area contributed by atoms with Crippen LogP contribution in [0.1, 0.15) is 17.5 Å². The summed E-state index contributed by atoms with van der Waals surface area (Å²) in [6.45, 7) is -0.133. The quantitative estimate of drug-likeness (QED) is 0.271. The Morgan fingerprint density at radius 1 is 1.14 bits per heavy atom. The topological polar surface area (TPSA) is 200 Å². The third kappa shape index (κ3) is 4.26.